The lowest BCUT2D eigenvalue weighted by Gasteiger charge is -2.16. The van der Waals surface area contributed by atoms with Gasteiger partial charge in [-0.05, 0) is 31.3 Å². The fourth-order valence-electron chi connectivity index (χ4n) is 1.67. The second kappa shape index (κ2) is 4.95. The minimum atomic E-state index is 0.0841. The van der Waals surface area contributed by atoms with Crippen molar-refractivity contribution in [2.45, 2.75) is 39.0 Å². The lowest BCUT2D eigenvalue weighted by atomic mass is 9.87. The van der Waals surface area contributed by atoms with Crippen LogP contribution in [0.5, 0.6) is 0 Å². The molecule has 0 aromatic carbocycles. The number of allylic oxidation sites excluding steroid dienone is 2. The molecule has 1 rings (SSSR count). The van der Waals surface area contributed by atoms with E-state index in [9.17, 15) is 9.59 Å². The molecule has 0 aliphatic heterocycles. The highest BCUT2D eigenvalue weighted by atomic mass is 16.1. The molecule has 2 heteroatoms. The van der Waals surface area contributed by atoms with Gasteiger partial charge in [-0.2, -0.15) is 0 Å². The third kappa shape index (κ3) is 2.79. The molecule has 0 spiro atoms. The molecule has 0 fully saturated rings. The van der Waals surface area contributed by atoms with E-state index < -0.39 is 0 Å². The number of aldehydes is 1. The van der Waals surface area contributed by atoms with Crippen LogP contribution in [0.2, 0.25) is 0 Å². The number of rotatable bonds is 4. The molecular formula is C11H16O2. The topological polar surface area (TPSA) is 34.1 Å². The summed E-state index contributed by atoms with van der Waals surface area (Å²) in [5.74, 6) is 0.315. The van der Waals surface area contributed by atoms with Crippen LogP contribution >= 0.6 is 0 Å². The predicted molar refractivity (Wildman–Crippen MR) is 51.4 cm³/mol. The maximum atomic E-state index is 11.5. The van der Waals surface area contributed by atoms with E-state index in [0.29, 0.717) is 12.8 Å². The van der Waals surface area contributed by atoms with Gasteiger partial charge in [0, 0.05) is 12.3 Å². The van der Waals surface area contributed by atoms with E-state index in [1.165, 1.54) is 0 Å². The number of hydrogen-bond acceptors (Lipinski definition) is 2. The predicted octanol–water partition coefficient (Wildman–Crippen LogP) is 2.28. The second-order valence-electron chi connectivity index (χ2n) is 3.58. The van der Waals surface area contributed by atoms with Crippen LogP contribution in [-0.4, -0.2) is 12.1 Å². The van der Waals surface area contributed by atoms with Crippen LogP contribution in [0.1, 0.15) is 39.0 Å². The molecule has 1 aliphatic rings. The van der Waals surface area contributed by atoms with E-state index in [2.05, 4.69) is 0 Å². The monoisotopic (exact) mass is 180 g/mol. The van der Waals surface area contributed by atoms with Crippen LogP contribution in [0.25, 0.3) is 0 Å². The van der Waals surface area contributed by atoms with E-state index >= 15 is 0 Å². The number of hydrogen-bond donors (Lipinski definition) is 0. The second-order valence-corrected chi connectivity index (χ2v) is 3.58. The summed E-state index contributed by atoms with van der Waals surface area (Å²) in [6.07, 6.45) is 6.95. The largest absolute Gasteiger partial charge is 0.303 e. The Kier molecular flexibility index (Phi) is 3.87. The van der Waals surface area contributed by atoms with Crippen molar-refractivity contribution in [2.75, 3.05) is 0 Å². The molecule has 0 saturated heterocycles. The highest BCUT2D eigenvalue weighted by Gasteiger charge is 2.18. The Labute approximate surface area is 79.0 Å². The van der Waals surface area contributed by atoms with Gasteiger partial charge in [0.05, 0.1) is 0 Å². The van der Waals surface area contributed by atoms with Gasteiger partial charge < -0.3 is 4.79 Å². The zero-order valence-corrected chi connectivity index (χ0v) is 8.08. The first kappa shape index (κ1) is 10.2. The van der Waals surface area contributed by atoms with Crippen molar-refractivity contribution in [1.82, 2.24) is 0 Å². The molecular weight excluding hydrogens is 164 g/mol. The van der Waals surface area contributed by atoms with Crippen LogP contribution in [0.4, 0.5) is 0 Å². The summed E-state index contributed by atoms with van der Waals surface area (Å²) in [7, 11) is 0. The summed E-state index contributed by atoms with van der Waals surface area (Å²) in [6, 6.07) is 0. The minimum Gasteiger partial charge on any atom is -0.303 e. The van der Waals surface area contributed by atoms with Gasteiger partial charge in [-0.3, -0.25) is 4.79 Å². The SMILES string of the molecule is CCCC(=O)C1=CCCC(C=O)C1. The Bertz CT molecular complexity index is 228. The van der Waals surface area contributed by atoms with Crippen molar-refractivity contribution in [2.24, 2.45) is 5.92 Å². The van der Waals surface area contributed by atoms with Crippen molar-refractivity contribution in [3.8, 4) is 0 Å². The normalized spacial score (nSPS) is 22.2. The van der Waals surface area contributed by atoms with Crippen molar-refractivity contribution >= 4 is 12.1 Å². The first-order valence-corrected chi connectivity index (χ1v) is 4.95. The molecule has 1 atom stereocenters. The quantitative estimate of drug-likeness (QED) is 0.622. The Morgan fingerprint density at radius 1 is 1.69 bits per heavy atom. The zero-order chi connectivity index (χ0) is 9.68. The van der Waals surface area contributed by atoms with E-state index in [-0.39, 0.29) is 11.7 Å². The van der Waals surface area contributed by atoms with Crippen LogP contribution in [0, 0.1) is 5.92 Å². The van der Waals surface area contributed by atoms with Gasteiger partial charge in [0.25, 0.3) is 0 Å². The average Bonchev–Trinajstić information content (AvgIpc) is 2.18. The Hall–Kier alpha value is -0.920. The van der Waals surface area contributed by atoms with Crippen molar-refractivity contribution in [3.63, 3.8) is 0 Å². The number of ketones is 1. The summed E-state index contributed by atoms with van der Waals surface area (Å²) in [4.78, 5) is 22.0. The Morgan fingerprint density at radius 3 is 3.08 bits per heavy atom. The molecule has 0 radical (unpaired) electrons. The smallest absolute Gasteiger partial charge is 0.158 e. The summed E-state index contributed by atoms with van der Waals surface area (Å²) in [5, 5.41) is 0. The van der Waals surface area contributed by atoms with E-state index in [4.69, 9.17) is 0 Å². The fraction of sp³-hybridized carbons (Fsp3) is 0.636. The zero-order valence-electron chi connectivity index (χ0n) is 8.08. The molecule has 1 aliphatic carbocycles. The molecule has 0 aromatic rings. The van der Waals surface area contributed by atoms with Gasteiger partial charge in [-0.15, -0.1) is 0 Å². The number of Topliss-reactive ketones (excluding diaryl/α,β-unsaturated/α-hetero) is 1. The first-order chi connectivity index (χ1) is 6.27. The van der Waals surface area contributed by atoms with Crippen LogP contribution in [-0.2, 0) is 9.59 Å². The van der Waals surface area contributed by atoms with Gasteiger partial charge >= 0.3 is 0 Å². The molecule has 2 nitrogen and oxygen atoms in total. The fourth-order valence-corrected chi connectivity index (χ4v) is 1.67. The first-order valence-electron chi connectivity index (χ1n) is 4.95. The van der Waals surface area contributed by atoms with Gasteiger partial charge in [-0.1, -0.05) is 13.0 Å². The molecule has 0 N–H and O–H groups in total. The van der Waals surface area contributed by atoms with E-state index in [0.717, 1.165) is 31.1 Å². The Balaban J connectivity index is 2.54. The molecule has 0 amide bonds. The van der Waals surface area contributed by atoms with Crippen molar-refractivity contribution in [1.29, 1.82) is 0 Å². The summed E-state index contributed by atoms with van der Waals surface area (Å²) < 4.78 is 0. The number of carbonyl (C=O) groups is 2. The highest BCUT2D eigenvalue weighted by molar-refractivity contribution is 5.95. The third-order valence-corrected chi connectivity index (χ3v) is 2.44. The lowest BCUT2D eigenvalue weighted by molar-refractivity contribution is -0.116. The van der Waals surface area contributed by atoms with Gasteiger partial charge in [0.1, 0.15) is 6.29 Å². The van der Waals surface area contributed by atoms with Crippen LogP contribution < -0.4 is 0 Å². The molecule has 72 valence electrons. The molecule has 0 heterocycles. The van der Waals surface area contributed by atoms with Crippen molar-refractivity contribution < 1.29 is 9.59 Å². The molecule has 0 aromatic heterocycles. The van der Waals surface area contributed by atoms with Crippen molar-refractivity contribution in [3.05, 3.63) is 11.6 Å². The summed E-state index contributed by atoms with van der Waals surface area (Å²) in [5.41, 5.74) is 0.880. The summed E-state index contributed by atoms with van der Waals surface area (Å²) >= 11 is 0. The Morgan fingerprint density at radius 2 is 2.46 bits per heavy atom. The molecule has 0 saturated carbocycles. The van der Waals surface area contributed by atoms with Gasteiger partial charge in [0.2, 0.25) is 0 Å². The van der Waals surface area contributed by atoms with Crippen LogP contribution in [0.3, 0.4) is 0 Å². The maximum Gasteiger partial charge on any atom is 0.158 e. The van der Waals surface area contributed by atoms with Gasteiger partial charge in [-0.25, -0.2) is 0 Å². The lowest BCUT2D eigenvalue weighted by Crippen LogP contribution is -2.13. The molecule has 1 unspecified atom stereocenters. The maximum absolute atomic E-state index is 11.5. The standard InChI is InChI=1S/C11H16O2/c1-2-4-11(13)10-6-3-5-9(7-10)8-12/h6,8-9H,2-5,7H2,1H3. The molecule has 0 bridgehead atoms. The summed E-state index contributed by atoms with van der Waals surface area (Å²) in [6.45, 7) is 2.00. The van der Waals surface area contributed by atoms with E-state index in [1.54, 1.807) is 0 Å². The van der Waals surface area contributed by atoms with Gasteiger partial charge in [0.15, 0.2) is 5.78 Å². The van der Waals surface area contributed by atoms with Crippen LogP contribution in [0.15, 0.2) is 11.6 Å². The van der Waals surface area contributed by atoms with E-state index in [1.807, 2.05) is 13.0 Å². The average molecular weight is 180 g/mol. The third-order valence-electron chi connectivity index (χ3n) is 2.44. The molecule has 13 heavy (non-hydrogen) atoms. The highest BCUT2D eigenvalue weighted by Crippen LogP contribution is 2.23. The number of carbonyl (C=O) groups excluding carboxylic acids is 2. The minimum absolute atomic E-state index is 0.0841.